The Labute approximate surface area is 96.7 Å². The van der Waals surface area contributed by atoms with E-state index in [2.05, 4.69) is 4.72 Å². The lowest BCUT2D eigenvalue weighted by molar-refractivity contribution is 0.407. The van der Waals surface area contributed by atoms with Crippen molar-refractivity contribution in [3.8, 4) is 5.75 Å². The van der Waals surface area contributed by atoms with Gasteiger partial charge in [0, 0.05) is 0 Å². The van der Waals surface area contributed by atoms with Crippen LogP contribution in [0.5, 0.6) is 5.75 Å². The van der Waals surface area contributed by atoms with Crippen LogP contribution in [-0.4, -0.2) is 22.6 Å². The van der Waals surface area contributed by atoms with Crippen LogP contribution in [0.15, 0.2) is 11.0 Å². The highest BCUT2D eigenvalue weighted by Crippen LogP contribution is 2.30. The van der Waals surface area contributed by atoms with Gasteiger partial charge in [-0.15, -0.1) is 0 Å². The van der Waals surface area contributed by atoms with Crippen molar-refractivity contribution in [1.29, 1.82) is 0 Å². The second-order valence-electron chi connectivity index (χ2n) is 3.68. The highest BCUT2D eigenvalue weighted by Gasteiger charge is 2.19. The van der Waals surface area contributed by atoms with E-state index in [0.717, 1.165) is 22.4 Å². The number of nitrogens with one attached hydrogen (secondary N) is 1. The zero-order valence-electron chi connectivity index (χ0n) is 10.2. The number of sulfonamides is 1. The molecule has 0 radical (unpaired) electrons. The molecule has 0 saturated carbocycles. The van der Waals surface area contributed by atoms with Gasteiger partial charge in [-0.25, -0.2) is 13.1 Å². The molecular weight excluding hydrogens is 226 g/mol. The molecule has 0 aliphatic carbocycles. The molecule has 1 aromatic carbocycles. The molecule has 0 amide bonds. The quantitative estimate of drug-likeness (QED) is 0.876. The molecule has 0 bridgehead atoms. The lowest BCUT2D eigenvalue weighted by Gasteiger charge is -2.15. The van der Waals surface area contributed by atoms with Crippen LogP contribution in [0.2, 0.25) is 0 Å². The second kappa shape index (κ2) is 4.43. The molecular formula is C11H17NO3S. The molecule has 0 saturated heterocycles. The van der Waals surface area contributed by atoms with Gasteiger partial charge < -0.3 is 4.74 Å². The first-order valence-electron chi connectivity index (χ1n) is 4.93. The predicted octanol–water partition coefficient (Wildman–Crippen LogP) is 1.53. The monoisotopic (exact) mass is 243 g/mol. The van der Waals surface area contributed by atoms with Gasteiger partial charge in [0.25, 0.3) is 0 Å². The van der Waals surface area contributed by atoms with Gasteiger partial charge in [0.05, 0.1) is 12.0 Å². The lowest BCUT2D eigenvalue weighted by atomic mass is 10.1. The van der Waals surface area contributed by atoms with Crippen molar-refractivity contribution < 1.29 is 13.2 Å². The molecule has 0 fully saturated rings. The predicted molar refractivity (Wildman–Crippen MR) is 63.5 cm³/mol. The van der Waals surface area contributed by atoms with Gasteiger partial charge in [0.1, 0.15) is 5.75 Å². The summed E-state index contributed by atoms with van der Waals surface area (Å²) in [5.41, 5.74) is 2.40. The Morgan fingerprint density at radius 1 is 1.19 bits per heavy atom. The zero-order valence-corrected chi connectivity index (χ0v) is 11.0. The molecule has 0 atom stereocenters. The van der Waals surface area contributed by atoms with Crippen molar-refractivity contribution in [1.82, 2.24) is 4.72 Å². The number of ether oxygens (including phenoxy) is 1. The van der Waals surface area contributed by atoms with E-state index < -0.39 is 10.0 Å². The van der Waals surface area contributed by atoms with Crippen molar-refractivity contribution in [2.45, 2.75) is 25.7 Å². The maximum absolute atomic E-state index is 11.8. The standard InChI is InChI=1S/C11H17NO3S/c1-7-6-10(16(13,14)12-4)8(2)9(3)11(7)15-5/h6,12H,1-5H3. The molecule has 16 heavy (non-hydrogen) atoms. The van der Waals surface area contributed by atoms with E-state index in [-0.39, 0.29) is 0 Å². The van der Waals surface area contributed by atoms with Crippen molar-refractivity contribution in [2.24, 2.45) is 0 Å². The number of methoxy groups -OCH3 is 1. The summed E-state index contributed by atoms with van der Waals surface area (Å²) in [6.07, 6.45) is 0. The smallest absolute Gasteiger partial charge is 0.240 e. The van der Waals surface area contributed by atoms with Crippen LogP contribution in [0.4, 0.5) is 0 Å². The number of hydrogen-bond donors (Lipinski definition) is 1. The van der Waals surface area contributed by atoms with Crippen molar-refractivity contribution in [3.05, 3.63) is 22.8 Å². The van der Waals surface area contributed by atoms with Crippen LogP contribution < -0.4 is 9.46 Å². The average Bonchev–Trinajstić information content (AvgIpc) is 2.24. The summed E-state index contributed by atoms with van der Waals surface area (Å²) in [6, 6.07) is 1.63. The SMILES string of the molecule is CNS(=O)(=O)c1cc(C)c(OC)c(C)c1C. The third-order valence-corrected chi connectivity index (χ3v) is 4.28. The van der Waals surface area contributed by atoms with E-state index >= 15 is 0 Å². The Morgan fingerprint density at radius 3 is 2.19 bits per heavy atom. The summed E-state index contributed by atoms with van der Waals surface area (Å²) in [6.45, 7) is 5.47. The lowest BCUT2D eigenvalue weighted by Crippen LogP contribution is -2.20. The van der Waals surface area contributed by atoms with Gasteiger partial charge in [-0.1, -0.05) is 0 Å². The highest BCUT2D eigenvalue weighted by molar-refractivity contribution is 7.89. The Morgan fingerprint density at radius 2 is 1.75 bits per heavy atom. The maximum atomic E-state index is 11.8. The first kappa shape index (κ1) is 13.0. The molecule has 0 aliphatic heterocycles. The zero-order chi connectivity index (χ0) is 12.5. The summed E-state index contributed by atoms with van der Waals surface area (Å²) in [7, 11) is -0.414. The minimum absolute atomic E-state index is 0.311. The Balaban J connectivity index is 3.59. The molecule has 1 N–H and O–H groups in total. The van der Waals surface area contributed by atoms with E-state index in [0.29, 0.717) is 4.90 Å². The highest BCUT2D eigenvalue weighted by atomic mass is 32.2. The van der Waals surface area contributed by atoms with Crippen molar-refractivity contribution in [2.75, 3.05) is 14.2 Å². The number of aryl methyl sites for hydroxylation is 1. The van der Waals surface area contributed by atoms with Crippen LogP contribution in [0, 0.1) is 20.8 Å². The van der Waals surface area contributed by atoms with Crippen molar-refractivity contribution >= 4 is 10.0 Å². The van der Waals surface area contributed by atoms with Gasteiger partial charge in [-0.3, -0.25) is 0 Å². The number of rotatable bonds is 3. The fraction of sp³-hybridized carbons (Fsp3) is 0.455. The van der Waals surface area contributed by atoms with Crippen LogP contribution >= 0.6 is 0 Å². The third kappa shape index (κ3) is 2.05. The van der Waals surface area contributed by atoms with Crippen molar-refractivity contribution in [3.63, 3.8) is 0 Å². The normalized spacial score (nSPS) is 11.6. The molecule has 90 valence electrons. The number of benzene rings is 1. The maximum Gasteiger partial charge on any atom is 0.240 e. The molecule has 1 rings (SSSR count). The molecule has 0 heterocycles. The van der Waals surface area contributed by atoms with Crippen LogP contribution in [-0.2, 0) is 10.0 Å². The molecule has 4 nitrogen and oxygen atoms in total. The molecule has 0 unspecified atom stereocenters. The molecule has 0 aromatic heterocycles. The van der Waals surface area contributed by atoms with Crippen LogP contribution in [0.3, 0.4) is 0 Å². The minimum Gasteiger partial charge on any atom is -0.496 e. The molecule has 0 spiro atoms. The Kier molecular flexibility index (Phi) is 3.60. The van der Waals surface area contributed by atoms with E-state index in [4.69, 9.17) is 4.74 Å². The first-order chi connectivity index (χ1) is 7.35. The second-order valence-corrected chi connectivity index (χ2v) is 5.54. The molecule has 0 aliphatic rings. The minimum atomic E-state index is -3.40. The largest absolute Gasteiger partial charge is 0.496 e. The topological polar surface area (TPSA) is 55.4 Å². The summed E-state index contributed by atoms with van der Waals surface area (Å²) < 4.78 is 31.1. The van der Waals surface area contributed by atoms with Crippen LogP contribution in [0.25, 0.3) is 0 Å². The van der Waals surface area contributed by atoms with Gasteiger partial charge >= 0.3 is 0 Å². The number of hydrogen-bond acceptors (Lipinski definition) is 3. The summed E-state index contributed by atoms with van der Waals surface area (Å²) >= 11 is 0. The fourth-order valence-corrected chi connectivity index (χ4v) is 2.83. The van der Waals surface area contributed by atoms with E-state index in [1.165, 1.54) is 7.05 Å². The molecule has 5 heteroatoms. The summed E-state index contributed by atoms with van der Waals surface area (Å²) in [5, 5.41) is 0. The Hall–Kier alpha value is -1.07. The van der Waals surface area contributed by atoms with Gasteiger partial charge in [0.2, 0.25) is 10.0 Å². The van der Waals surface area contributed by atoms with E-state index in [1.807, 2.05) is 13.8 Å². The average molecular weight is 243 g/mol. The third-order valence-electron chi connectivity index (χ3n) is 2.74. The van der Waals surface area contributed by atoms with E-state index in [9.17, 15) is 8.42 Å². The summed E-state index contributed by atoms with van der Waals surface area (Å²) in [4.78, 5) is 0.311. The molecule has 1 aromatic rings. The van der Waals surface area contributed by atoms with Crippen LogP contribution in [0.1, 0.15) is 16.7 Å². The van der Waals surface area contributed by atoms with E-state index in [1.54, 1.807) is 20.1 Å². The van der Waals surface area contributed by atoms with Gasteiger partial charge in [-0.05, 0) is 50.6 Å². The van der Waals surface area contributed by atoms with Gasteiger partial charge in [-0.2, -0.15) is 0 Å². The Bertz CT molecular complexity index is 506. The summed E-state index contributed by atoms with van der Waals surface area (Å²) in [5.74, 6) is 0.743. The fourth-order valence-electron chi connectivity index (χ4n) is 1.72. The van der Waals surface area contributed by atoms with Gasteiger partial charge in [0.15, 0.2) is 0 Å². The first-order valence-corrected chi connectivity index (χ1v) is 6.41.